The molecule has 1 aromatic rings. The predicted molar refractivity (Wildman–Crippen MR) is 52.0 cm³/mol. The number of ether oxygens (including phenoxy) is 1. The minimum absolute atomic E-state index is 0.381. The highest BCUT2D eigenvalue weighted by molar-refractivity contribution is 7.99. The molecule has 0 radical (unpaired) electrons. The molecule has 72 valence electrons. The second-order valence-electron chi connectivity index (χ2n) is 2.17. The van der Waals surface area contributed by atoms with Crippen molar-refractivity contribution >= 4 is 30.0 Å². The van der Waals surface area contributed by atoms with Crippen LogP contribution in [-0.2, 0) is 16.0 Å². The van der Waals surface area contributed by atoms with Crippen molar-refractivity contribution in [2.45, 2.75) is 18.4 Å². The summed E-state index contributed by atoms with van der Waals surface area (Å²) in [6, 6.07) is 0. The standard InChI is InChI=1S/C7H10N2O2S2/c1-2-12-7-6(8-13-9-7)3-4-11-5-10/h5H,2-4H2,1H3. The van der Waals surface area contributed by atoms with E-state index in [4.69, 9.17) is 0 Å². The molecular formula is C7H10N2O2S2. The van der Waals surface area contributed by atoms with E-state index in [1.165, 1.54) is 11.7 Å². The normalized spacial score (nSPS) is 9.92. The zero-order valence-electron chi connectivity index (χ0n) is 7.23. The molecule has 4 nitrogen and oxygen atoms in total. The smallest absolute Gasteiger partial charge is 0.293 e. The molecular weight excluding hydrogens is 208 g/mol. The molecule has 13 heavy (non-hydrogen) atoms. The van der Waals surface area contributed by atoms with Gasteiger partial charge in [-0.05, 0) is 5.75 Å². The Bertz CT molecular complexity index is 265. The minimum Gasteiger partial charge on any atom is -0.467 e. The quantitative estimate of drug-likeness (QED) is 0.410. The average Bonchev–Trinajstić information content (AvgIpc) is 2.54. The van der Waals surface area contributed by atoms with Crippen LogP contribution in [0.2, 0.25) is 0 Å². The molecule has 0 fully saturated rings. The van der Waals surface area contributed by atoms with Crippen LogP contribution >= 0.6 is 23.5 Å². The van der Waals surface area contributed by atoms with Gasteiger partial charge < -0.3 is 4.74 Å². The predicted octanol–water partition coefficient (Wildman–Crippen LogP) is 1.37. The van der Waals surface area contributed by atoms with Crippen LogP contribution in [0.15, 0.2) is 5.03 Å². The lowest BCUT2D eigenvalue weighted by atomic mass is 10.3. The zero-order valence-corrected chi connectivity index (χ0v) is 8.86. The third kappa shape index (κ3) is 3.31. The fourth-order valence-electron chi connectivity index (χ4n) is 0.801. The summed E-state index contributed by atoms with van der Waals surface area (Å²) in [6.07, 6.45) is 0.650. The molecule has 1 rings (SSSR count). The van der Waals surface area contributed by atoms with E-state index in [1.54, 1.807) is 11.8 Å². The van der Waals surface area contributed by atoms with Crippen LogP contribution in [0.4, 0.5) is 0 Å². The fourth-order valence-corrected chi connectivity index (χ4v) is 2.25. The topological polar surface area (TPSA) is 52.1 Å². The van der Waals surface area contributed by atoms with E-state index in [-0.39, 0.29) is 0 Å². The second-order valence-corrected chi connectivity index (χ2v) is 3.95. The molecule has 0 aliphatic heterocycles. The molecule has 0 unspecified atom stereocenters. The number of hydrogen-bond acceptors (Lipinski definition) is 6. The lowest BCUT2D eigenvalue weighted by Crippen LogP contribution is -1.98. The third-order valence-electron chi connectivity index (χ3n) is 1.33. The van der Waals surface area contributed by atoms with Crippen LogP contribution in [0.3, 0.4) is 0 Å². The van der Waals surface area contributed by atoms with Gasteiger partial charge in [0, 0.05) is 6.42 Å². The van der Waals surface area contributed by atoms with Crippen molar-refractivity contribution in [3.05, 3.63) is 5.69 Å². The Hall–Kier alpha value is -0.620. The van der Waals surface area contributed by atoms with Crippen LogP contribution in [0, 0.1) is 0 Å². The second kappa shape index (κ2) is 5.93. The molecule has 0 saturated carbocycles. The van der Waals surface area contributed by atoms with E-state index >= 15 is 0 Å². The van der Waals surface area contributed by atoms with Crippen molar-refractivity contribution in [2.24, 2.45) is 0 Å². The van der Waals surface area contributed by atoms with Gasteiger partial charge in [-0.25, -0.2) is 0 Å². The van der Waals surface area contributed by atoms with Gasteiger partial charge in [-0.2, -0.15) is 8.75 Å². The summed E-state index contributed by atoms with van der Waals surface area (Å²) >= 11 is 2.86. The number of nitrogens with zero attached hydrogens (tertiary/aromatic N) is 2. The van der Waals surface area contributed by atoms with Crippen LogP contribution in [0.1, 0.15) is 12.6 Å². The molecule has 6 heteroatoms. The van der Waals surface area contributed by atoms with Crippen molar-refractivity contribution in [1.29, 1.82) is 0 Å². The highest BCUT2D eigenvalue weighted by Gasteiger charge is 2.07. The van der Waals surface area contributed by atoms with E-state index < -0.39 is 0 Å². The molecule has 1 heterocycles. The maximum absolute atomic E-state index is 9.88. The van der Waals surface area contributed by atoms with E-state index in [9.17, 15) is 4.79 Å². The van der Waals surface area contributed by atoms with Gasteiger partial charge in [0.05, 0.1) is 24.0 Å². The molecule has 0 saturated heterocycles. The lowest BCUT2D eigenvalue weighted by molar-refractivity contribution is -0.128. The van der Waals surface area contributed by atoms with Gasteiger partial charge in [0.2, 0.25) is 0 Å². The van der Waals surface area contributed by atoms with Crippen LogP contribution in [0.5, 0.6) is 0 Å². The van der Waals surface area contributed by atoms with Crippen LogP contribution in [0.25, 0.3) is 0 Å². The molecule has 0 aliphatic rings. The van der Waals surface area contributed by atoms with Crippen molar-refractivity contribution in [1.82, 2.24) is 8.75 Å². The first-order valence-electron chi connectivity index (χ1n) is 3.88. The first-order valence-corrected chi connectivity index (χ1v) is 5.59. The molecule has 0 bridgehead atoms. The third-order valence-corrected chi connectivity index (χ3v) is 2.90. The SMILES string of the molecule is CCSc1nsnc1CCOC=O. The van der Waals surface area contributed by atoms with Crippen molar-refractivity contribution in [3.63, 3.8) is 0 Å². The van der Waals surface area contributed by atoms with E-state index in [2.05, 4.69) is 20.4 Å². The largest absolute Gasteiger partial charge is 0.467 e. The lowest BCUT2D eigenvalue weighted by Gasteiger charge is -1.97. The summed E-state index contributed by atoms with van der Waals surface area (Å²) in [7, 11) is 0. The van der Waals surface area contributed by atoms with Gasteiger partial charge in [-0.3, -0.25) is 4.79 Å². The van der Waals surface area contributed by atoms with Crippen LogP contribution < -0.4 is 0 Å². The summed E-state index contributed by atoms with van der Waals surface area (Å²) in [5, 5.41) is 0.960. The van der Waals surface area contributed by atoms with Gasteiger partial charge in [-0.15, -0.1) is 11.8 Å². The van der Waals surface area contributed by atoms with Gasteiger partial charge in [0.1, 0.15) is 5.03 Å². The summed E-state index contributed by atoms with van der Waals surface area (Å²) in [5.41, 5.74) is 0.929. The highest BCUT2D eigenvalue weighted by Crippen LogP contribution is 2.20. The fraction of sp³-hybridized carbons (Fsp3) is 0.571. The molecule has 0 N–H and O–H groups in total. The van der Waals surface area contributed by atoms with E-state index in [0.29, 0.717) is 19.5 Å². The summed E-state index contributed by atoms with van der Waals surface area (Å²) in [5.74, 6) is 0.979. The minimum atomic E-state index is 0.381. The maximum Gasteiger partial charge on any atom is 0.293 e. The number of thioether (sulfide) groups is 1. The summed E-state index contributed by atoms with van der Waals surface area (Å²) < 4.78 is 12.8. The monoisotopic (exact) mass is 218 g/mol. The molecule has 0 amide bonds. The van der Waals surface area contributed by atoms with Gasteiger partial charge >= 0.3 is 0 Å². The van der Waals surface area contributed by atoms with E-state index in [1.807, 2.05) is 0 Å². The van der Waals surface area contributed by atoms with Crippen molar-refractivity contribution in [2.75, 3.05) is 12.4 Å². The number of hydrogen-bond donors (Lipinski definition) is 0. The van der Waals surface area contributed by atoms with Gasteiger partial charge in [0.25, 0.3) is 6.47 Å². The Labute approximate surface area is 85.0 Å². The zero-order chi connectivity index (χ0) is 9.52. The Morgan fingerprint density at radius 3 is 3.15 bits per heavy atom. The average molecular weight is 218 g/mol. The molecule has 0 spiro atoms. The number of rotatable bonds is 6. The molecule has 0 aliphatic carbocycles. The van der Waals surface area contributed by atoms with Crippen molar-refractivity contribution in [3.8, 4) is 0 Å². The number of carbonyl (C=O) groups is 1. The van der Waals surface area contributed by atoms with Crippen LogP contribution in [-0.4, -0.2) is 27.6 Å². The Morgan fingerprint density at radius 2 is 2.46 bits per heavy atom. The summed E-state index contributed by atoms with van der Waals surface area (Å²) in [4.78, 5) is 9.88. The first kappa shape index (κ1) is 10.5. The van der Waals surface area contributed by atoms with Gasteiger partial charge in [0.15, 0.2) is 0 Å². The molecule has 1 aromatic heterocycles. The number of aromatic nitrogens is 2. The maximum atomic E-state index is 9.88. The molecule has 0 atom stereocenters. The summed E-state index contributed by atoms with van der Waals surface area (Å²) in [6.45, 7) is 2.90. The highest BCUT2D eigenvalue weighted by atomic mass is 32.2. The van der Waals surface area contributed by atoms with Gasteiger partial charge in [-0.1, -0.05) is 6.92 Å². The number of carbonyl (C=O) groups excluding carboxylic acids is 1. The van der Waals surface area contributed by atoms with E-state index in [0.717, 1.165) is 16.5 Å². The first-order chi connectivity index (χ1) is 6.38. The Morgan fingerprint density at radius 1 is 1.62 bits per heavy atom. The Kier molecular flexibility index (Phi) is 4.77. The van der Waals surface area contributed by atoms with Crippen molar-refractivity contribution < 1.29 is 9.53 Å². The molecule has 0 aromatic carbocycles. The Balaban J connectivity index is 2.44.